The van der Waals surface area contributed by atoms with Crippen LogP contribution in [0.2, 0.25) is 0 Å². The van der Waals surface area contributed by atoms with Crippen LogP contribution >= 0.6 is 0 Å². The van der Waals surface area contributed by atoms with E-state index < -0.39 is 17.3 Å². The van der Waals surface area contributed by atoms with Gasteiger partial charge in [-0.3, -0.25) is 19.7 Å². The maximum atomic E-state index is 12.0. The quantitative estimate of drug-likeness (QED) is 0.178. The number of nitro benzene ring substituents is 1. The largest absolute Gasteiger partial charge is 0.481 e. The van der Waals surface area contributed by atoms with Crippen LogP contribution in [-0.2, 0) is 15.0 Å². The Morgan fingerprint density at radius 1 is 1.09 bits per heavy atom. The molecule has 3 rings (SSSR count). The first-order valence-corrected chi connectivity index (χ1v) is 11.2. The summed E-state index contributed by atoms with van der Waals surface area (Å²) in [5.74, 6) is -1.12. The average molecular weight is 440 g/mol. The van der Waals surface area contributed by atoms with E-state index in [1.54, 1.807) is 30.3 Å². The second kappa shape index (κ2) is 10.4. The van der Waals surface area contributed by atoms with Crippen molar-refractivity contribution in [1.82, 2.24) is 0 Å². The third-order valence-corrected chi connectivity index (χ3v) is 6.43. The number of carbonyl (C=O) groups is 2. The van der Waals surface area contributed by atoms with Crippen LogP contribution in [0.4, 0.5) is 5.69 Å². The van der Waals surface area contributed by atoms with Crippen molar-refractivity contribution in [3.05, 3.63) is 69.8 Å². The Hall–Kier alpha value is -3.22. The van der Waals surface area contributed by atoms with Gasteiger partial charge in [-0.15, -0.1) is 0 Å². The number of rotatable bonds is 9. The van der Waals surface area contributed by atoms with Gasteiger partial charge >= 0.3 is 11.9 Å². The fourth-order valence-electron chi connectivity index (χ4n) is 4.65. The van der Waals surface area contributed by atoms with Crippen molar-refractivity contribution >= 4 is 17.6 Å². The lowest BCUT2D eigenvalue weighted by molar-refractivity contribution is -0.386. The van der Waals surface area contributed by atoms with Crippen LogP contribution in [0.15, 0.2) is 48.5 Å². The van der Waals surface area contributed by atoms with Crippen molar-refractivity contribution < 1.29 is 24.4 Å². The summed E-state index contributed by atoms with van der Waals surface area (Å²) in [6.45, 7) is 2.07. The number of aliphatic carboxylic acids is 1. The number of unbranched alkanes of at least 4 members (excludes halogenated alkanes) is 2. The van der Waals surface area contributed by atoms with Gasteiger partial charge in [0.25, 0.3) is 5.69 Å². The van der Waals surface area contributed by atoms with Crippen LogP contribution in [0.5, 0.6) is 5.75 Å². The zero-order chi connectivity index (χ0) is 23.1. The summed E-state index contributed by atoms with van der Waals surface area (Å²) in [4.78, 5) is 34.9. The molecule has 7 nitrogen and oxygen atoms in total. The first-order valence-electron chi connectivity index (χ1n) is 11.2. The van der Waals surface area contributed by atoms with Crippen molar-refractivity contribution in [2.24, 2.45) is 5.92 Å². The molecule has 170 valence electrons. The Morgan fingerprint density at radius 2 is 1.75 bits per heavy atom. The molecule has 0 atom stereocenters. The lowest BCUT2D eigenvalue weighted by Gasteiger charge is -2.40. The molecular weight excluding hydrogens is 410 g/mol. The summed E-state index contributed by atoms with van der Waals surface area (Å²) in [5.41, 5.74) is 0.825. The minimum Gasteiger partial charge on any atom is -0.481 e. The molecular formula is C25H29NO6. The molecule has 1 fully saturated rings. The number of esters is 1. The molecule has 0 spiro atoms. The Balaban J connectivity index is 1.91. The zero-order valence-electron chi connectivity index (χ0n) is 18.3. The second-order valence-electron chi connectivity index (χ2n) is 8.42. The number of hydrogen-bond acceptors (Lipinski definition) is 5. The monoisotopic (exact) mass is 439 g/mol. The van der Waals surface area contributed by atoms with Crippen LogP contribution in [0.1, 0.15) is 69.4 Å². The van der Waals surface area contributed by atoms with Gasteiger partial charge < -0.3 is 9.84 Å². The van der Waals surface area contributed by atoms with E-state index in [4.69, 9.17) is 4.74 Å². The third-order valence-electron chi connectivity index (χ3n) is 6.43. The lowest BCUT2D eigenvalue weighted by atomic mass is 9.62. The smallest absolute Gasteiger partial charge is 0.311 e. The molecule has 1 aliphatic carbocycles. The van der Waals surface area contributed by atoms with Gasteiger partial charge in [-0.2, -0.15) is 0 Å². The van der Waals surface area contributed by atoms with Crippen molar-refractivity contribution in [3.8, 4) is 5.75 Å². The summed E-state index contributed by atoms with van der Waals surface area (Å²) in [5, 5.41) is 21.2. The normalized spacial score (nSPS) is 20.5. The summed E-state index contributed by atoms with van der Waals surface area (Å²) >= 11 is 0. The number of carboxylic acids is 1. The van der Waals surface area contributed by atoms with Crippen LogP contribution in [0, 0.1) is 16.0 Å². The zero-order valence-corrected chi connectivity index (χ0v) is 18.3. The van der Waals surface area contributed by atoms with Crippen LogP contribution < -0.4 is 4.74 Å². The maximum Gasteiger partial charge on any atom is 0.311 e. The molecule has 1 saturated carbocycles. The third kappa shape index (κ3) is 5.15. The molecule has 0 unspecified atom stereocenters. The van der Waals surface area contributed by atoms with E-state index >= 15 is 0 Å². The van der Waals surface area contributed by atoms with E-state index in [-0.39, 0.29) is 16.6 Å². The number of ether oxygens (including phenoxy) is 1. The molecule has 0 saturated heterocycles. The summed E-state index contributed by atoms with van der Waals surface area (Å²) < 4.78 is 5.43. The van der Waals surface area contributed by atoms with Gasteiger partial charge in [-0.05, 0) is 49.8 Å². The molecule has 0 heterocycles. The molecule has 32 heavy (non-hydrogen) atoms. The highest BCUT2D eigenvalue weighted by molar-refractivity contribution is 5.72. The van der Waals surface area contributed by atoms with Gasteiger partial charge in [0, 0.05) is 23.5 Å². The lowest BCUT2D eigenvalue weighted by Crippen LogP contribution is -2.35. The van der Waals surface area contributed by atoms with Gasteiger partial charge in [-0.25, -0.2) is 0 Å². The van der Waals surface area contributed by atoms with Crippen molar-refractivity contribution in [1.29, 1.82) is 0 Å². The number of carbonyl (C=O) groups excluding carboxylic acids is 1. The highest BCUT2D eigenvalue weighted by atomic mass is 16.6. The molecule has 1 aliphatic rings. The Kier molecular flexibility index (Phi) is 7.62. The molecule has 2 aromatic carbocycles. The molecule has 0 aromatic heterocycles. The molecule has 0 aliphatic heterocycles. The minimum atomic E-state index is -0.827. The Labute approximate surface area is 187 Å². The van der Waals surface area contributed by atoms with Crippen LogP contribution in [-0.4, -0.2) is 22.0 Å². The molecule has 2 aromatic rings. The van der Waals surface area contributed by atoms with E-state index in [1.807, 2.05) is 12.1 Å². The van der Waals surface area contributed by atoms with Gasteiger partial charge in [-0.1, -0.05) is 50.1 Å². The first-order chi connectivity index (χ1) is 15.4. The standard InChI is InChI=1S/C25H29NO6/c1-2-3-4-9-23(27)32-20-12-10-19(11-13-20)25(16-14-18(15-17-25)24(28)29)21-7-5-6-8-22(21)26(30)31/h5-8,10-13,18H,2-4,9,14-17H2,1H3,(H,28,29)/t18-,25-. The van der Waals surface area contributed by atoms with Gasteiger partial charge in [0.05, 0.1) is 10.8 Å². The topological polar surface area (TPSA) is 107 Å². The van der Waals surface area contributed by atoms with Gasteiger partial charge in [0.15, 0.2) is 0 Å². The minimum absolute atomic E-state index is 0.0349. The highest BCUT2D eigenvalue weighted by Gasteiger charge is 2.43. The molecule has 1 N–H and O–H groups in total. The van der Waals surface area contributed by atoms with Crippen LogP contribution in [0.25, 0.3) is 0 Å². The van der Waals surface area contributed by atoms with Gasteiger partial charge in [0.1, 0.15) is 5.75 Å². The van der Waals surface area contributed by atoms with Crippen molar-refractivity contribution in [3.63, 3.8) is 0 Å². The summed E-state index contributed by atoms with van der Waals surface area (Å²) in [7, 11) is 0. The van der Waals surface area contributed by atoms with Gasteiger partial charge in [0.2, 0.25) is 0 Å². The predicted molar refractivity (Wildman–Crippen MR) is 120 cm³/mol. The fourth-order valence-corrected chi connectivity index (χ4v) is 4.65. The van der Waals surface area contributed by atoms with Crippen LogP contribution in [0.3, 0.4) is 0 Å². The van der Waals surface area contributed by atoms with E-state index in [9.17, 15) is 24.8 Å². The molecule has 0 radical (unpaired) electrons. The van der Waals surface area contributed by atoms with E-state index in [0.717, 1.165) is 24.8 Å². The Bertz CT molecular complexity index is 961. The number of nitrogens with zero attached hydrogens (tertiary/aromatic N) is 1. The average Bonchev–Trinajstić information content (AvgIpc) is 2.79. The fraction of sp³-hybridized carbons (Fsp3) is 0.440. The molecule has 0 amide bonds. The number of benzene rings is 2. The molecule has 0 bridgehead atoms. The summed E-state index contributed by atoms with van der Waals surface area (Å²) in [6, 6.07) is 13.8. The molecule has 7 heteroatoms. The number of carboxylic acid groups (broad SMARTS) is 1. The van der Waals surface area contributed by atoms with E-state index in [0.29, 0.717) is 43.4 Å². The number of hydrogen-bond donors (Lipinski definition) is 1. The SMILES string of the molecule is CCCCCC(=O)Oc1ccc([C@]2(c3ccccc3[N+](=O)[O-])CC[C@H](C(=O)O)CC2)cc1. The Morgan fingerprint density at radius 3 is 2.34 bits per heavy atom. The van der Waals surface area contributed by atoms with Crippen molar-refractivity contribution in [2.45, 2.75) is 63.7 Å². The number of para-hydroxylation sites is 1. The van der Waals surface area contributed by atoms with Crippen molar-refractivity contribution in [2.75, 3.05) is 0 Å². The second-order valence-corrected chi connectivity index (χ2v) is 8.42. The number of nitro groups is 1. The van der Waals surface area contributed by atoms with E-state index in [1.165, 1.54) is 6.07 Å². The van der Waals surface area contributed by atoms with E-state index in [2.05, 4.69) is 6.92 Å². The first kappa shape index (κ1) is 23.4. The maximum absolute atomic E-state index is 12.0. The highest BCUT2D eigenvalue weighted by Crippen LogP contribution is 2.49. The summed E-state index contributed by atoms with van der Waals surface area (Å²) in [6.07, 6.45) is 5.02. The predicted octanol–water partition coefficient (Wildman–Crippen LogP) is 5.64.